The van der Waals surface area contributed by atoms with Gasteiger partial charge < -0.3 is 10.1 Å². The van der Waals surface area contributed by atoms with Gasteiger partial charge in [-0.3, -0.25) is 14.0 Å². The molecular formula is C25H17ClN4O3. The van der Waals surface area contributed by atoms with Crippen molar-refractivity contribution < 1.29 is 9.53 Å². The summed E-state index contributed by atoms with van der Waals surface area (Å²) in [4.78, 5) is 30.4. The van der Waals surface area contributed by atoms with Crippen molar-refractivity contribution in [2.75, 3.05) is 5.32 Å². The van der Waals surface area contributed by atoms with E-state index < -0.39 is 11.5 Å². The van der Waals surface area contributed by atoms with E-state index in [0.29, 0.717) is 22.1 Å². The third-order valence-corrected chi connectivity index (χ3v) is 5.07. The van der Waals surface area contributed by atoms with Gasteiger partial charge in [0.15, 0.2) is 0 Å². The third kappa shape index (κ3) is 4.76. The molecule has 0 radical (unpaired) electrons. The van der Waals surface area contributed by atoms with Gasteiger partial charge in [0.1, 0.15) is 28.6 Å². The van der Waals surface area contributed by atoms with Crippen LogP contribution in [-0.2, 0) is 4.79 Å². The molecule has 2 aromatic heterocycles. The first-order valence-electron chi connectivity index (χ1n) is 9.90. The Bertz CT molecular complexity index is 1480. The van der Waals surface area contributed by atoms with E-state index in [1.807, 2.05) is 25.1 Å². The highest BCUT2D eigenvalue weighted by molar-refractivity contribution is 6.34. The molecule has 0 atom stereocenters. The second kappa shape index (κ2) is 9.39. The molecule has 0 bridgehead atoms. The number of nitrogens with zero attached hydrogens (tertiary/aromatic N) is 3. The molecule has 8 heteroatoms. The molecule has 7 nitrogen and oxygen atoms in total. The molecule has 4 rings (SSSR count). The van der Waals surface area contributed by atoms with E-state index in [0.717, 1.165) is 5.56 Å². The number of aryl methyl sites for hydroxylation is 1. The number of carbonyl (C=O) groups is 1. The van der Waals surface area contributed by atoms with Crippen LogP contribution in [0, 0.1) is 18.3 Å². The summed E-state index contributed by atoms with van der Waals surface area (Å²) in [5.74, 6) is -0.278. The van der Waals surface area contributed by atoms with Crippen molar-refractivity contribution >= 4 is 34.9 Å². The van der Waals surface area contributed by atoms with Crippen molar-refractivity contribution in [3.63, 3.8) is 0 Å². The smallest absolute Gasteiger partial charge is 0.269 e. The summed E-state index contributed by atoms with van der Waals surface area (Å²) >= 11 is 6.09. The van der Waals surface area contributed by atoms with Crippen LogP contribution in [0.1, 0.15) is 11.1 Å². The molecule has 0 aliphatic rings. The van der Waals surface area contributed by atoms with Crippen molar-refractivity contribution in [2.45, 2.75) is 6.92 Å². The van der Waals surface area contributed by atoms with E-state index in [-0.39, 0.29) is 17.0 Å². The van der Waals surface area contributed by atoms with Crippen LogP contribution in [0.5, 0.6) is 11.6 Å². The summed E-state index contributed by atoms with van der Waals surface area (Å²) in [6, 6.07) is 20.8. The number of amides is 1. The Morgan fingerprint density at radius 3 is 2.58 bits per heavy atom. The second-order valence-electron chi connectivity index (χ2n) is 7.08. The highest BCUT2D eigenvalue weighted by Crippen LogP contribution is 2.25. The number of rotatable bonds is 5. The van der Waals surface area contributed by atoms with Crippen LogP contribution in [0.4, 0.5) is 5.69 Å². The Hall–Kier alpha value is -4.41. The molecule has 0 aliphatic carbocycles. The number of aromatic nitrogens is 2. The van der Waals surface area contributed by atoms with Crippen LogP contribution < -0.4 is 15.6 Å². The van der Waals surface area contributed by atoms with Crippen molar-refractivity contribution in [3.8, 4) is 17.7 Å². The zero-order chi connectivity index (χ0) is 23.4. The molecule has 2 heterocycles. The predicted molar refractivity (Wildman–Crippen MR) is 126 cm³/mol. The maximum atomic E-state index is 13.2. The monoisotopic (exact) mass is 456 g/mol. The Labute approximate surface area is 194 Å². The average molecular weight is 457 g/mol. The molecule has 4 aromatic rings. The Balaban J connectivity index is 1.81. The predicted octanol–water partition coefficient (Wildman–Crippen LogP) is 4.99. The third-order valence-electron chi connectivity index (χ3n) is 4.75. The molecule has 0 spiro atoms. The van der Waals surface area contributed by atoms with Crippen LogP contribution in [0.25, 0.3) is 11.7 Å². The number of benzene rings is 2. The van der Waals surface area contributed by atoms with Gasteiger partial charge in [0, 0.05) is 6.20 Å². The maximum absolute atomic E-state index is 13.2. The van der Waals surface area contributed by atoms with Gasteiger partial charge in [-0.2, -0.15) is 10.2 Å². The number of nitrogens with one attached hydrogen (secondary N) is 1. The standard InChI is InChI=1S/C25H17ClN4O3/c1-16-9-11-18(12-10-16)33-24-19(25(32)30-13-5-4-8-22(30)29-24)14-17(15-27)23(31)28-21-7-3-2-6-20(21)26/h2-14H,1H3,(H,28,31)/b17-14-. The molecule has 0 fully saturated rings. The van der Waals surface area contributed by atoms with Gasteiger partial charge in [0.25, 0.3) is 11.5 Å². The summed E-state index contributed by atoms with van der Waals surface area (Å²) in [6.07, 6.45) is 2.72. The summed E-state index contributed by atoms with van der Waals surface area (Å²) < 4.78 is 7.20. The summed E-state index contributed by atoms with van der Waals surface area (Å²) in [7, 11) is 0. The van der Waals surface area contributed by atoms with Gasteiger partial charge in [-0.15, -0.1) is 0 Å². The minimum atomic E-state index is -0.718. The molecule has 2 aromatic carbocycles. The highest BCUT2D eigenvalue weighted by atomic mass is 35.5. The van der Waals surface area contributed by atoms with Crippen molar-refractivity contribution in [1.82, 2.24) is 9.38 Å². The van der Waals surface area contributed by atoms with E-state index in [9.17, 15) is 14.9 Å². The highest BCUT2D eigenvalue weighted by Gasteiger charge is 2.18. The number of nitriles is 1. The van der Waals surface area contributed by atoms with Crippen LogP contribution >= 0.6 is 11.6 Å². The van der Waals surface area contributed by atoms with E-state index in [4.69, 9.17) is 16.3 Å². The SMILES string of the molecule is Cc1ccc(Oc2nc3ccccn3c(=O)c2/C=C(/C#N)C(=O)Nc2ccccc2Cl)cc1. The van der Waals surface area contributed by atoms with Crippen molar-refractivity contribution in [2.24, 2.45) is 0 Å². The normalized spacial score (nSPS) is 11.1. The van der Waals surface area contributed by atoms with Crippen molar-refractivity contribution in [1.29, 1.82) is 5.26 Å². The Morgan fingerprint density at radius 1 is 1.12 bits per heavy atom. The molecule has 33 heavy (non-hydrogen) atoms. The minimum Gasteiger partial charge on any atom is -0.438 e. The number of anilines is 1. The quantitative estimate of drug-likeness (QED) is 0.337. The number of carbonyl (C=O) groups excluding carboxylic acids is 1. The molecule has 162 valence electrons. The first kappa shape index (κ1) is 21.8. The number of hydrogen-bond donors (Lipinski definition) is 1. The van der Waals surface area contributed by atoms with Gasteiger partial charge >= 0.3 is 0 Å². The van der Waals surface area contributed by atoms with Crippen molar-refractivity contribution in [3.05, 3.63) is 105 Å². The molecule has 0 saturated carbocycles. The van der Waals surface area contributed by atoms with Gasteiger partial charge in [-0.25, -0.2) is 0 Å². The molecule has 1 amide bonds. The van der Waals surface area contributed by atoms with E-state index in [2.05, 4.69) is 10.3 Å². The topological polar surface area (TPSA) is 96.5 Å². The van der Waals surface area contributed by atoms with Crippen LogP contribution in [-0.4, -0.2) is 15.3 Å². The number of fused-ring (bicyclic) bond motifs is 1. The maximum Gasteiger partial charge on any atom is 0.269 e. The largest absolute Gasteiger partial charge is 0.438 e. The van der Waals surface area contributed by atoms with E-state index in [1.54, 1.807) is 60.8 Å². The molecular weight excluding hydrogens is 440 g/mol. The molecule has 1 N–H and O–H groups in total. The number of pyridine rings is 1. The van der Waals surface area contributed by atoms with Gasteiger partial charge in [-0.05, 0) is 49.4 Å². The first-order valence-corrected chi connectivity index (χ1v) is 10.3. The minimum absolute atomic E-state index is 0.0200. The molecule has 0 unspecified atom stereocenters. The zero-order valence-electron chi connectivity index (χ0n) is 17.4. The van der Waals surface area contributed by atoms with Crippen LogP contribution in [0.2, 0.25) is 5.02 Å². The lowest BCUT2D eigenvalue weighted by molar-refractivity contribution is -0.112. The van der Waals surface area contributed by atoms with E-state index in [1.165, 1.54) is 10.5 Å². The van der Waals surface area contributed by atoms with Gasteiger partial charge in [0.2, 0.25) is 5.88 Å². The summed E-state index contributed by atoms with van der Waals surface area (Å²) in [6.45, 7) is 1.94. The number of halogens is 1. The lowest BCUT2D eigenvalue weighted by Gasteiger charge is -2.11. The average Bonchev–Trinajstić information content (AvgIpc) is 2.82. The van der Waals surface area contributed by atoms with Crippen LogP contribution in [0.15, 0.2) is 83.3 Å². The van der Waals surface area contributed by atoms with Gasteiger partial charge in [0.05, 0.1) is 10.7 Å². The Morgan fingerprint density at radius 2 is 1.85 bits per heavy atom. The number of ether oxygens (including phenoxy) is 1. The number of hydrogen-bond acceptors (Lipinski definition) is 5. The fraction of sp³-hybridized carbons (Fsp3) is 0.0400. The molecule has 0 saturated heterocycles. The van der Waals surface area contributed by atoms with E-state index >= 15 is 0 Å². The lowest BCUT2D eigenvalue weighted by Crippen LogP contribution is -2.20. The number of para-hydroxylation sites is 1. The fourth-order valence-corrected chi connectivity index (χ4v) is 3.23. The summed E-state index contributed by atoms with van der Waals surface area (Å²) in [5, 5.41) is 12.5. The first-order chi connectivity index (χ1) is 16.0. The molecule has 0 aliphatic heterocycles. The van der Waals surface area contributed by atoms with Crippen LogP contribution in [0.3, 0.4) is 0 Å². The fourth-order valence-electron chi connectivity index (χ4n) is 3.05. The Kier molecular flexibility index (Phi) is 6.20. The van der Waals surface area contributed by atoms with Gasteiger partial charge in [-0.1, -0.05) is 47.5 Å². The zero-order valence-corrected chi connectivity index (χ0v) is 18.2. The second-order valence-corrected chi connectivity index (χ2v) is 7.49. The lowest BCUT2D eigenvalue weighted by atomic mass is 10.1. The summed E-state index contributed by atoms with van der Waals surface area (Å²) in [5.41, 5.74) is 0.914.